The zero-order valence-corrected chi connectivity index (χ0v) is 16.1. The highest BCUT2D eigenvalue weighted by molar-refractivity contribution is 8.00. The first-order valence-corrected chi connectivity index (χ1v) is 10.4. The van der Waals surface area contributed by atoms with Crippen molar-refractivity contribution in [1.82, 2.24) is 9.97 Å². The zero-order chi connectivity index (χ0) is 18.6. The Hall–Kier alpha value is -2.45. The topological polar surface area (TPSA) is 81.2 Å². The van der Waals surface area contributed by atoms with Gasteiger partial charge in [0, 0.05) is 11.1 Å². The maximum atomic E-state index is 12.0. The number of carbonyl (C=O) groups is 2. The van der Waals surface area contributed by atoms with E-state index in [2.05, 4.69) is 15.3 Å². The van der Waals surface area contributed by atoms with Gasteiger partial charge in [-0.1, -0.05) is 17.8 Å². The van der Waals surface area contributed by atoms with Crippen molar-refractivity contribution in [3.8, 4) is 0 Å². The molecule has 0 saturated heterocycles. The molecule has 2 heterocycles. The van der Waals surface area contributed by atoms with Crippen LogP contribution in [0.4, 0.5) is 5.69 Å². The van der Waals surface area contributed by atoms with Gasteiger partial charge in [0.25, 0.3) is 5.91 Å². The molecule has 0 unspecified atom stereocenters. The monoisotopic (exact) mass is 399 g/mol. The number of aryl methyl sites for hydroxylation is 2. The molecule has 4 rings (SSSR count). The number of amides is 1. The molecule has 0 spiro atoms. The molecule has 1 aliphatic rings. The van der Waals surface area contributed by atoms with Crippen molar-refractivity contribution in [3.63, 3.8) is 0 Å². The van der Waals surface area contributed by atoms with Crippen LogP contribution in [0.3, 0.4) is 0 Å². The van der Waals surface area contributed by atoms with E-state index in [1.807, 2.05) is 29.6 Å². The number of nitrogens with one attached hydrogen (secondary N) is 1. The first-order valence-electron chi connectivity index (χ1n) is 8.57. The molecule has 3 aromatic rings. The molecule has 138 valence electrons. The first kappa shape index (κ1) is 17.9. The molecule has 27 heavy (non-hydrogen) atoms. The first-order chi connectivity index (χ1) is 13.2. The standard InChI is InChI=1S/C19H17N3O3S2/c23-16(22-14-5-4-12-2-1-3-13(12)8-14)9-25-17(24)10-27-19-15-6-7-26-18(15)20-11-21-19/h4-8,11H,1-3,9-10H2,(H,22,23). The smallest absolute Gasteiger partial charge is 0.316 e. The van der Waals surface area contributed by atoms with E-state index < -0.39 is 5.97 Å². The van der Waals surface area contributed by atoms with Gasteiger partial charge in [-0.05, 0) is 54.0 Å². The van der Waals surface area contributed by atoms with Crippen molar-refractivity contribution in [2.75, 3.05) is 17.7 Å². The number of ether oxygens (including phenoxy) is 1. The van der Waals surface area contributed by atoms with E-state index >= 15 is 0 Å². The number of thioether (sulfide) groups is 1. The minimum atomic E-state index is -0.453. The summed E-state index contributed by atoms with van der Waals surface area (Å²) in [6.07, 6.45) is 4.79. The van der Waals surface area contributed by atoms with Crippen LogP contribution < -0.4 is 5.32 Å². The number of carbonyl (C=O) groups excluding carboxylic acids is 2. The number of hydrogen-bond acceptors (Lipinski definition) is 7. The van der Waals surface area contributed by atoms with Crippen LogP contribution in [-0.2, 0) is 27.2 Å². The van der Waals surface area contributed by atoms with Gasteiger partial charge in [-0.25, -0.2) is 9.97 Å². The molecule has 1 aromatic carbocycles. The molecule has 0 atom stereocenters. The van der Waals surface area contributed by atoms with E-state index in [0.29, 0.717) is 0 Å². The molecule has 0 aliphatic heterocycles. The van der Waals surface area contributed by atoms with Gasteiger partial charge in [-0.3, -0.25) is 9.59 Å². The Morgan fingerprint density at radius 1 is 1.19 bits per heavy atom. The summed E-state index contributed by atoms with van der Waals surface area (Å²) in [4.78, 5) is 33.2. The van der Waals surface area contributed by atoms with E-state index in [4.69, 9.17) is 4.74 Å². The number of benzene rings is 1. The molecule has 8 heteroatoms. The lowest BCUT2D eigenvalue weighted by Gasteiger charge is -2.08. The number of hydrogen-bond donors (Lipinski definition) is 1. The molecular formula is C19H17N3O3S2. The lowest BCUT2D eigenvalue weighted by atomic mass is 10.1. The highest BCUT2D eigenvalue weighted by Gasteiger charge is 2.14. The fraction of sp³-hybridized carbons (Fsp3) is 0.263. The van der Waals surface area contributed by atoms with Gasteiger partial charge < -0.3 is 10.1 Å². The molecule has 2 aromatic heterocycles. The van der Waals surface area contributed by atoms with Crippen LogP contribution in [0.5, 0.6) is 0 Å². The maximum Gasteiger partial charge on any atom is 0.316 e. The number of anilines is 1. The van der Waals surface area contributed by atoms with Crippen molar-refractivity contribution in [1.29, 1.82) is 0 Å². The Morgan fingerprint density at radius 3 is 3.00 bits per heavy atom. The molecule has 1 N–H and O–H groups in total. The predicted molar refractivity (Wildman–Crippen MR) is 106 cm³/mol. The van der Waals surface area contributed by atoms with Gasteiger partial charge in [-0.15, -0.1) is 11.3 Å². The molecule has 1 aliphatic carbocycles. The van der Waals surface area contributed by atoms with Crippen molar-refractivity contribution in [2.45, 2.75) is 24.3 Å². The summed E-state index contributed by atoms with van der Waals surface area (Å²) in [6.45, 7) is -0.298. The normalized spacial score (nSPS) is 12.7. The summed E-state index contributed by atoms with van der Waals surface area (Å²) < 4.78 is 5.07. The second-order valence-corrected chi connectivity index (χ2v) is 8.01. The Morgan fingerprint density at radius 2 is 2.07 bits per heavy atom. The number of thiophene rings is 1. The van der Waals surface area contributed by atoms with Gasteiger partial charge in [0.05, 0.1) is 5.75 Å². The minimum absolute atomic E-state index is 0.0914. The lowest BCUT2D eigenvalue weighted by Crippen LogP contribution is -2.21. The average molecular weight is 399 g/mol. The van der Waals surface area contributed by atoms with E-state index in [1.54, 1.807) is 0 Å². The van der Waals surface area contributed by atoms with Crippen LogP contribution in [0.25, 0.3) is 10.2 Å². The van der Waals surface area contributed by atoms with Crippen LogP contribution in [0.1, 0.15) is 17.5 Å². The minimum Gasteiger partial charge on any atom is -0.455 e. The SMILES string of the molecule is O=C(COC(=O)CSc1ncnc2sccc12)Nc1ccc2c(c1)CCC2. The largest absolute Gasteiger partial charge is 0.455 e. The van der Waals surface area contributed by atoms with E-state index in [-0.39, 0.29) is 18.3 Å². The third kappa shape index (κ3) is 4.28. The second kappa shape index (κ2) is 8.06. The van der Waals surface area contributed by atoms with Crippen molar-refractivity contribution >= 4 is 50.9 Å². The van der Waals surface area contributed by atoms with Crippen LogP contribution in [0.15, 0.2) is 41.0 Å². The molecule has 0 fully saturated rings. The van der Waals surface area contributed by atoms with Crippen molar-refractivity contribution in [3.05, 3.63) is 47.1 Å². The zero-order valence-electron chi connectivity index (χ0n) is 14.4. The van der Waals surface area contributed by atoms with Gasteiger partial charge >= 0.3 is 5.97 Å². The molecule has 1 amide bonds. The average Bonchev–Trinajstić information content (AvgIpc) is 3.33. The summed E-state index contributed by atoms with van der Waals surface area (Å²) in [6, 6.07) is 7.87. The van der Waals surface area contributed by atoms with Gasteiger partial charge in [0.2, 0.25) is 0 Å². The van der Waals surface area contributed by atoms with Gasteiger partial charge in [-0.2, -0.15) is 0 Å². The van der Waals surface area contributed by atoms with Gasteiger partial charge in [0.1, 0.15) is 16.2 Å². The fourth-order valence-electron chi connectivity index (χ4n) is 3.04. The number of esters is 1. The predicted octanol–water partition coefficient (Wildman–Crippen LogP) is 3.45. The summed E-state index contributed by atoms with van der Waals surface area (Å²) >= 11 is 2.81. The number of fused-ring (bicyclic) bond motifs is 2. The number of rotatable bonds is 6. The van der Waals surface area contributed by atoms with Crippen molar-refractivity contribution in [2.24, 2.45) is 0 Å². The Bertz CT molecular complexity index is 1000. The fourth-order valence-corrected chi connectivity index (χ4v) is 4.62. The molecule has 0 radical (unpaired) electrons. The molecule has 0 bridgehead atoms. The summed E-state index contributed by atoms with van der Waals surface area (Å²) in [5.41, 5.74) is 3.37. The number of aromatic nitrogens is 2. The van der Waals surface area contributed by atoms with E-state index in [9.17, 15) is 9.59 Å². The molecule has 0 saturated carbocycles. The number of nitrogens with zero attached hydrogens (tertiary/aromatic N) is 2. The summed E-state index contributed by atoms with van der Waals surface area (Å²) in [5.74, 6) is -0.701. The van der Waals surface area contributed by atoms with Crippen LogP contribution >= 0.6 is 23.1 Å². The maximum absolute atomic E-state index is 12.0. The lowest BCUT2D eigenvalue weighted by molar-refractivity contribution is -0.144. The Balaban J connectivity index is 1.25. The van der Waals surface area contributed by atoms with Crippen LogP contribution in [0.2, 0.25) is 0 Å². The highest BCUT2D eigenvalue weighted by Crippen LogP contribution is 2.27. The highest BCUT2D eigenvalue weighted by atomic mass is 32.2. The van der Waals surface area contributed by atoms with Gasteiger partial charge in [0.15, 0.2) is 6.61 Å². The molecular weight excluding hydrogens is 382 g/mol. The van der Waals surface area contributed by atoms with E-state index in [0.717, 1.165) is 40.2 Å². The van der Waals surface area contributed by atoms with Crippen LogP contribution in [0, 0.1) is 0 Å². The van der Waals surface area contributed by atoms with Crippen molar-refractivity contribution < 1.29 is 14.3 Å². The second-order valence-electron chi connectivity index (χ2n) is 6.15. The molecule has 6 nitrogen and oxygen atoms in total. The summed E-state index contributed by atoms with van der Waals surface area (Å²) in [7, 11) is 0. The van der Waals surface area contributed by atoms with Crippen LogP contribution in [-0.4, -0.2) is 34.2 Å². The Kier molecular flexibility index (Phi) is 5.35. The Labute approximate surface area is 164 Å². The van der Waals surface area contributed by atoms with E-state index in [1.165, 1.54) is 40.6 Å². The third-order valence-electron chi connectivity index (χ3n) is 4.30. The summed E-state index contributed by atoms with van der Waals surface area (Å²) in [5, 5.41) is 6.38. The quantitative estimate of drug-likeness (QED) is 0.388. The third-order valence-corrected chi connectivity index (χ3v) is 6.10.